The molecule has 132 valence electrons. The van der Waals surface area contributed by atoms with Gasteiger partial charge in [0, 0.05) is 0 Å². The van der Waals surface area contributed by atoms with Gasteiger partial charge in [0.05, 0.1) is 0 Å². The number of hydrogen-bond donors (Lipinski definition) is 0. The van der Waals surface area contributed by atoms with Crippen molar-refractivity contribution < 1.29 is 21.8 Å². The van der Waals surface area contributed by atoms with Crippen LogP contribution < -0.4 is 0 Å². The van der Waals surface area contributed by atoms with Crippen LogP contribution in [-0.4, -0.2) is 0 Å². The zero-order chi connectivity index (χ0) is 17.0. The van der Waals surface area contributed by atoms with Crippen LogP contribution in [-0.2, 0) is 17.1 Å². The standard InChI is InChI=1S/4C6H5.FH.Fe/c4*1-2-4-6-5-3-1;;/h4*1-5H;1H;/q4*-1;;+4. The quantitative estimate of drug-likeness (QED) is 0.254. The second kappa shape index (κ2) is 22.3. The van der Waals surface area contributed by atoms with E-state index >= 15 is 0 Å². The molecule has 0 amide bonds. The van der Waals surface area contributed by atoms with Gasteiger partial charge in [-0.3, -0.25) is 4.70 Å². The van der Waals surface area contributed by atoms with Crippen molar-refractivity contribution in [3.8, 4) is 0 Å². The summed E-state index contributed by atoms with van der Waals surface area (Å²) in [5.41, 5.74) is 0. The van der Waals surface area contributed by atoms with Crippen LogP contribution in [0.1, 0.15) is 0 Å². The number of halogens is 1. The molecule has 0 aromatic heterocycles. The Morgan fingerprint density at radius 3 is 0.462 bits per heavy atom. The Bertz CT molecular complexity index is 426. The van der Waals surface area contributed by atoms with Gasteiger partial charge < -0.3 is 0 Å². The molecule has 0 unspecified atom stereocenters. The molecule has 4 rings (SSSR count). The molecule has 0 saturated carbocycles. The van der Waals surface area contributed by atoms with Gasteiger partial charge in [-0.05, 0) is 0 Å². The minimum Gasteiger partial charge on any atom is -0.269 e. The zero-order valence-electron chi connectivity index (χ0n) is 14.3. The first-order valence-electron chi connectivity index (χ1n) is 7.64. The van der Waals surface area contributed by atoms with E-state index in [4.69, 9.17) is 0 Å². The van der Waals surface area contributed by atoms with Gasteiger partial charge in [0.2, 0.25) is 0 Å². The number of rotatable bonds is 0. The van der Waals surface area contributed by atoms with Crippen LogP contribution in [0.4, 0.5) is 4.70 Å². The van der Waals surface area contributed by atoms with Gasteiger partial charge in [-0.2, -0.15) is 146 Å². The van der Waals surface area contributed by atoms with Crippen molar-refractivity contribution in [2.45, 2.75) is 0 Å². The van der Waals surface area contributed by atoms with Crippen LogP contribution in [0.2, 0.25) is 0 Å². The molecular formula is C24H21FFe. The average Bonchev–Trinajstić information content (AvgIpc) is 2.75. The van der Waals surface area contributed by atoms with E-state index in [1.165, 1.54) is 0 Å². The SMILES string of the molecule is F.[Fe+4].[c-]1ccccc1.[c-]1ccccc1.[c-]1ccccc1.[c-]1ccccc1. The zero-order valence-corrected chi connectivity index (χ0v) is 15.4. The molecule has 0 heterocycles. The van der Waals surface area contributed by atoms with Crippen LogP contribution in [0.3, 0.4) is 0 Å². The fourth-order valence-electron chi connectivity index (χ4n) is 1.37. The molecule has 0 aliphatic rings. The van der Waals surface area contributed by atoms with Crippen LogP contribution in [0.5, 0.6) is 0 Å². The first-order valence-corrected chi connectivity index (χ1v) is 7.64. The molecule has 4 aromatic rings. The Balaban J connectivity index is 0. The smallest absolute Gasteiger partial charge is 0.269 e. The Morgan fingerprint density at radius 1 is 0.269 bits per heavy atom. The van der Waals surface area contributed by atoms with E-state index < -0.39 is 0 Å². The molecule has 0 aliphatic heterocycles. The van der Waals surface area contributed by atoms with Crippen molar-refractivity contribution >= 4 is 0 Å². The van der Waals surface area contributed by atoms with E-state index in [2.05, 4.69) is 24.3 Å². The third kappa shape index (κ3) is 19.4. The molecule has 2 heteroatoms. The molecule has 0 N–H and O–H groups in total. The van der Waals surface area contributed by atoms with Crippen molar-refractivity contribution in [2.75, 3.05) is 0 Å². The van der Waals surface area contributed by atoms with Gasteiger partial charge in [-0.1, -0.05) is 0 Å². The second-order valence-corrected chi connectivity index (χ2v) is 4.31. The van der Waals surface area contributed by atoms with Gasteiger partial charge in [0.25, 0.3) is 0 Å². The van der Waals surface area contributed by atoms with Crippen molar-refractivity contribution in [1.82, 2.24) is 0 Å². The van der Waals surface area contributed by atoms with Gasteiger partial charge in [0.15, 0.2) is 0 Å². The third-order valence-electron chi connectivity index (χ3n) is 2.43. The maximum absolute atomic E-state index is 2.89. The summed E-state index contributed by atoms with van der Waals surface area (Å²) in [6.07, 6.45) is 0. The molecule has 4 aromatic carbocycles. The molecule has 0 aliphatic carbocycles. The maximum Gasteiger partial charge on any atom is 4.00 e. The Hall–Kier alpha value is -2.67. The van der Waals surface area contributed by atoms with E-state index in [9.17, 15) is 0 Å². The summed E-state index contributed by atoms with van der Waals surface area (Å²) in [7, 11) is 0. The van der Waals surface area contributed by atoms with Crippen LogP contribution >= 0.6 is 0 Å². The molecule has 0 fully saturated rings. The predicted molar refractivity (Wildman–Crippen MR) is 104 cm³/mol. The predicted octanol–water partition coefficient (Wildman–Crippen LogP) is 6.10. The van der Waals surface area contributed by atoms with E-state index in [1.54, 1.807) is 0 Å². The molecule has 0 bridgehead atoms. The number of benzene rings is 4. The summed E-state index contributed by atoms with van der Waals surface area (Å²) in [6, 6.07) is 50.0. The van der Waals surface area contributed by atoms with E-state index in [-0.39, 0.29) is 21.8 Å². The summed E-state index contributed by atoms with van der Waals surface area (Å²) in [5.74, 6) is 0. The first kappa shape index (κ1) is 25.6. The summed E-state index contributed by atoms with van der Waals surface area (Å²) in [6.45, 7) is 0. The van der Waals surface area contributed by atoms with Crippen molar-refractivity contribution in [3.05, 3.63) is 146 Å². The van der Waals surface area contributed by atoms with E-state index in [1.807, 2.05) is 121 Å². The number of hydrogen-bond acceptors (Lipinski definition) is 0. The topological polar surface area (TPSA) is 0 Å². The van der Waals surface area contributed by atoms with Crippen LogP contribution in [0, 0.1) is 24.3 Å². The Kier molecular flexibility index (Phi) is 22.0. The molecule has 0 atom stereocenters. The van der Waals surface area contributed by atoms with Gasteiger partial charge >= 0.3 is 17.1 Å². The Morgan fingerprint density at radius 2 is 0.423 bits per heavy atom. The molecule has 26 heavy (non-hydrogen) atoms. The summed E-state index contributed by atoms with van der Waals surface area (Å²) in [4.78, 5) is 0. The van der Waals surface area contributed by atoms with Crippen molar-refractivity contribution in [1.29, 1.82) is 0 Å². The minimum absolute atomic E-state index is 0. The largest absolute Gasteiger partial charge is 4.00 e. The second-order valence-electron chi connectivity index (χ2n) is 4.31. The summed E-state index contributed by atoms with van der Waals surface area (Å²) >= 11 is 0. The molecule has 0 nitrogen and oxygen atoms in total. The molecule has 0 spiro atoms. The minimum atomic E-state index is 0. The summed E-state index contributed by atoms with van der Waals surface area (Å²) in [5, 5.41) is 0. The molecular weight excluding hydrogens is 363 g/mol. The van der Waals surface area contributed by atoms with Gasteiger partial charge in [0.1, 0.15) is 0 Å². The average molecular weight is 384 g/mol. The van der Waals surface area contributed by atoms with Crippen molar-refractivity contribution in [2.24, 2.45) is 0 Å². The Labute approximate surface area is 167 Å². The van der Waals surface area contributed by atoms with Gasteiger partial charge in [-0.25, -0.2) is 0 Å². The summed E-state index contributed by atoms with van der Waals surface area (Å²) < 4.78 is 0. The fourth-order valence-corrected chi connectivity index (χ4v) is 1.37. The monoisotopic (exact) mass is 384 g/mol. The van der Waals surface area contributed by atoms with Crippen molar-refractivity contribution in [3.63, 3.8) is 0 Å². The normalized spacial score (nSPS) is 7.38. The first-order chi connectivity index (χ1) is 12.0. The van der Waals surface area contributed by atoms with Crippen LogP contribution in [0.15, 0.2) is 121 Å². The van der Waals surface area contributed by atoms with E-state index in [0.29, 0.717) is 0 Å². The van der Waals surface area contributed by atoms with E-state index in [0.717, 1.165) is 0 Å². The molecule has 0 saturated heterocycles. The maximum atomic E-state index is 2.89. The third-order valence-corrected chi connectivity index (χ3v) is 2.43. The fraction of sp³-hybridized carbons (Fsp3) is 0. The molecule has 0 radical (unpaired) electrons. The van der Waals surface area contributed by atoms with Gasteiger partial charge in [-0.15, -0.1) is 0 Å². The van der Waals surface area contributed by atoms with Crippen LogP contribution in [0.25, 0.3) is 0 Å².